The fourth-order valence-electron chi connectivity index (χ4n) is 0.998. The molecule has 1 aliphatic rings. The summed E-state index contributed by atoms with van der Waals surface area (Å²) in [6.45, 7) is 0. The average Bonchev–Trinajstić information content (AvgIpc) is 2.13. The molecular formula is C5BrF10N. The molecule has 0 atom stereocenters. The number of hydrogen-bond donors (Lipinski definition) is 0. The van der Waals surface area contributed by atoms with Crippen LogP contribution in [0.2, 0.25) is 0 Å². The van der Waals surface area contributed by atoms with Crippen molar-refractivity contribution in [1.29, 1.82) is 0 Å². The first-order chi connectivity index (χ1) is 7.15. The van der Waals surface area contributed by atoms with Gasteiger partial charge >= 0.3 is 29.9 Å². The minimum Gasteiger partial charge on any atom is -0.192 e. The summed E-state index contributed by atoms with van der Waals surface area (Å²) in [6, 6.07) is -12.4. The van der Waals surface area contributed by atoms with E-state index in [-0.39, 0.29) is 0 Å². The van der Waals surface area contributed by atoms with Gasteiger partial charge in [-0.1, -0.05) is 0 Å². The van der Waals surface area contributed by atoms with Crippen LogP contribution in [0, 0.1) is 0 Å². The van der Waals surface area contributed by atoms with Crippen LogP contribution < -0.4 is 0 Å². The van der Waals surface area contributed by atoms with E-state index >= 15 is 0 Å². The highest BCUT2D eigenvalue weighted by molar-refractivity contribution is 9.07. The van der Waals surface area contributed by atoms with Crippen LogP contribution in [0.15, 0.2) is 0 Å². The Morgan fingerprint density at radius 2 is 0.765 bits per heavy atom. The zero-order valence-electron chi connectivity index (χ0n) is 7.10. The molecule has 0 saturated carbocycles. The van der Waals surface area contributed by atoms with Gasteiger partial charge in [-0.15, -0.1) is 3.93 Å². The second-order valence-electron chi connectivity index (χ2n) is 3.09. The number of rotatable bonds is 0. The van der Waals surface area contributed by atoms with Crippen LogP contribution in [-0.4, -0.2) is 33.8 Å². The third-order valence-corrected chi connectivity index (χ3v) is 2.93. The molecule has 0 N–H and O–H groups in total. The first-order valence-corrected chi connectivity index (χ1v) is 4.22. The van der Waals surface area contributed by atoms with Gasteiger partial charge in [-0.3, -0.25) is 0 Å². The standard InChI is InChI=1S/C5BrF10N/c6-17-4(13,14)2(9,10)1(7,8)3(11,12)5(17,15)16. The molecule has 0 bridgehead atoms. The minimum absolute atomic E-state index is 1.07. The summed E-state index contributed by atoms with van der Waals surface area (Å²) in [5, 5.41) is 0. The van der Waals surface area contributed by atoms with Crippen molar-refractivity contribution in [3.8, 4) is 0 Å². The molecular weight excluding hydrogens is 344 g/mol. The predicted octanol–water partition coefficient (Wildman–Crippen LogP) is 3.70. The van der Waals surface area contributed by atoms with Crippen molar-refractivity contribution < 1.29 is 43.9 Å². The van der Waals surface area contributed by atoms with Crippen LogP contribution >= 0.6 is 16.1 Å². The fourth-order valence-corrected chi connectivity index (χ4v) is 1.44. The molecule has 0 aromatic carbocycles. The van der Waals surface area contributed by atoms with Crippen molar-refractivity contribution in [2.45, 2.75) is 29.9 Å². The highest BCUT2D eigenvalue weighted by atomic mass is 79.9. The van der Waals surface area contributed by atoms with Gasteiger partial charge in [0, 0.05) is 16.1 Å². The summed E-state index contributed by atoms with van der Waals surface area (Å²) < 4.78 is 123. The minimum atomic E-state index is -6.92. The summed E-state index contributed by atoms with van der Waals surface area (Å²) in [5.74, 6) is -20.3. The maximum absolute atomic E-state index is 12.5. The Labute approximate surface area is 94.7 Å². The Kier molecular flexibility index (Phi) is 2.78. The number of alkyl halides is 10. The topological polar surface area (TPSA) is 3.24 Å². The van der Waals surface area contributed by atoms with E-state index in [4.69, 9.17) is 0 Å². The molecule has 0 aromatic rings. The third-order valence-electron chi connectivity index (χ3n) is 2.04. The van der Waals surface area contributed by atoms with E-state index in [2.05, 4.69) is 0 Å². The average molecular weight is 344 g/mol. The van der Waals surface area contributed by atoms with Gasteiger partial charge in [0.2, 0.25) is 0 Å². The van der Waals surface area contributed by atoms with Gasteiger partial charge in [0.25, 0.3) is 0 Å². The molecule has 0 radical (unpaired) electrons. The first kappa shape index (κ1) is 14.8. The Hall–Kier alpha value is -0.260. The molecule has 102 valence electrons. The maximum atomic E-state index is 12.5. The number of piperidine rings is 1. The molecule has 0 aromatic heterocycles. The molecule has 0 amide bonds. The lowest BCUT2D eigenvalue weighted by Crippen LogP contribution is -2.79. The van der Waals surface area contributed by atoms with Gasteiger partial charge < -0.3 is 0 Å². The van der Waals surface area contributed by atoms with Crippen molar-refractivity contribution in [3.05, 3.63) is 0 Å². The number of nitrogens with zero attached hydrogens (tertiary/aromatic N) is 1. The van der Waals surface area contributed by atoms with Gasteiger partial charge in [0.15, 0.2) is 0 Å². The Bertz CT molecular complexity index is 308. The molecule has 1 fully saturated rings. The lowest BCUT2D eigenvalue weighted by molar-refractivity contribution is -0.484. The van der Waals surface area contributed by atoms with Gasteiger partial charge in [-0.25, -0.2) is 0 Å². The smallest absolute Gasteiger partial charge is 0.192 e. The fraction of sp³-hybridized carbons (Fsp3) is 1.00. The van der Waals surface area contributed by atoms with E-state index in [9.17, 15) is 43.9 Å². The largest absolute Gasteiger partial charge is 0.393 e. The second-order valence-corrected chi connectivity index (χ2v) is 3.80. The van der Waals surface area contributed by atoms with Crippen LogP contribution in [-0.2, 0) is 0 Å². The van der Waals surface area contributed by atoms with Crippen LogP contribution in [0.4, 0.5) is 43.9 Å². The molecule has 0 aliphatic carbocycles. The van der Waals surface area contributed by atoms with Gasteiger partial charge in [0.1, 0.15) is 0 Å². The predicted molar refractivity (Wildman–Crippen MR) is 35.5 cm³/mol. The zero-order chi connectivity index (χ0) is 14.1. The lowest BCUT2D eigenvalue weighted by atomic mass is 9.96. The summed E-state index contributed by atoms with van der Waals surface area (Å²) in [5.41, 5.74) is 0. The molecule has 12 heteroatoms. The van der Waals surface area contributed by atoms with Crippen molar-refractivity contribution >= 4 is 16.1 Å². The summed E-state index contributed by atoms with van der Waals surface area (Å²) in [4.78, 5) is 0. The molecule has 1 nitrogen and oxygen atoms in total. The first-order valence-electron chi connectivity index (χ1n) is 3.51. The van der Waals surface area contributed by atoms with Gasteiger partial charge in [-0.2, -0.15) is 43.9 Å². The van der Waals surface area contributed by atoms with E-state index in [0.717, 1.165) is 16.1 Å². The third kappa shape index (κ3) is 1.30. The van der Waals surface area contributed by atoms with E-state index in [0.29, 0.717) is 0 Å². The van der Waals surface area contributed by atoms with Crippen molar-refractivity contribution in [2.75, 3.05) is 0 Å². The quantitative estimate of drug-likeness (QED) is 0.368. The van der Waals surface area contributed by atoms with Crippen LogP contribution in [0.25, 0.3) is 0 Å². The van der Waals surface area contributed by atoms with Crippen LogP contribution in [0.3, 0.4) is 0 Å². The Morgan fingerprint density at radius 1 is 0.529 bits per heavy atom. The monoisotopic (exact) mass is 343 g/mol. The summed E-state index contributed by atoms with van der Waals surface area (Å²) in [6.07, 6.45) is 0. The zero-order valence-corrected chi connectivity index (χ0v) is 8.69. The van der Waals surface area contributed by atoms with E-state index in [1.165, 1.54) is 0 Å². The molecule has 17 heavy (non-hydrogen) atoms. The molecule has 1 rings (SSSR count). The summed E-state index contributed by atoms with van der Waals surface area (Å²) in [7, 11) is 0. The van der Waals surface area contributed by atoms with E-state index < -0.39 is 33.8 Å². The molecule has 1 heterocycles. The van der Waals surface area contributed by atoms with Crippen molar-refractivity contribution in [2.24, 2.45) is 0 Å². The molecule has 0 spiro atoms. The molecule has 0 unspecified atom stereocenters. The molecule has 1 saturated heterocycles. The van der Waals surface area contributed by atoms with Gasteiger partial charge in [-0.05, 0) is 0 Å². The van der Waals surface area contributed by atoms with E-state index in [1.54, 1.807) is 0 Å². The SMILES string of the molecule is FC1(F)N(Br)C(F)(F)C(F)(F)C(F)(F)C1(F)F. The van der Waals surface area contributed by atoms with Crippen molar-refractivity contribution in [3.63, 3.8) is 0 Å². The number of halogens is 11. The normalized spacial score (nSPS) is 33.4. The molecule has 1 aliphatic heterocycles. The maximum Gasteiger partial charge on any atom is 0.393 e. The van der Waals surface area contributed by atoms with E-state index in [1.807, 2.05) is 0 Å². The highest BCUT2D eigenvalue weighted by Gasteiger charge is 2.95. The number of hydrogen-bond acceptors (Lipinski definition) is 1. The van der Waals surface area contributed by atoms with Gasteiger partial charge in [0.05, 0.1) is 0 Å². The second kappa shape index (κ2) is 3.19. The van der Waals surface area contributed by atoms with Crippen molar-refractivity contribution in [1.82, 2.24) is 3.93 Å². The van der Waals surface area contributed by atoms with Crippen LogP contribution in [0.5, 0.6) is 0 Å². The van der Waals surface area contributed by atoms with Crippen LogP contribution in [0.1, 0.15) is 0 Å². The summed E-state index contributed by atoms with van der Waals surface area (Å²) >= 11 is 1.07. The highest BCUT2D eigenvalue weighted by Crippen LogP contribution is 2.65. The Balaban J connectivity index is 3.56. The Morgan fingerprint density at radius 3 is 1.00 bits per heavy atom. The lowest BCUT2D eigenvalue weighted by Gasteiger charge is -2.48.